The van der Waals surface area contributed by atoms with E-state index < -0.39 is 10.0 Å². The van der Waals surface area contributed by atoms with Crippen LogP contribution in [-0.2, 0) is 16.6 Å². The first-order valence-electron chi connectivity index (χ1n) is 9.77. The van der Waals surface area contributed by atoms with Crippen molar-refractivity contribution in [1.29, 1.82) is 0 Å². The Labute approximate surface area is 178 Å². The average molecular weight is 423 g/mol. The van der Waals surface area contributed by atoms with Crippen LogP contribution in [0.25, 0.3) is 0 Å². The van der Waals surface area contributed by atoms with Gasteiger partial charge in [0.1, 0.15) is 0 Å². The Balaban J connectivity index is 1.92. The molecular formula is C24H26N2O3S. The second-order valence-electron chi connectivity index (χ2n) is 7.50. The van der Waals surface area contributed by atoms with Gasteiger partial charge in [0.2, 0.25) is 10.0 Å². The number of nitrogens with one attached hydrogen (secondary N) is 1. The number of amides is 1. The summed E-state index contributed by atoms with van der Waals surface area (Å²) < 4.78 is 26.4. The molecule has 0 fully saturated rings. The maximum atomic E-state index is 13.0. The summed E-state index contributed by atoms with van der Waals surface area (Å²) in [4.78, 5) is 13.0. The van der Waals surface area contributed by atoms with Crippen molar-refractivity contribution in [1.82, 2.24) is 0 Å². The third kappa shape index (κ3) is 5.27. The highest BCUT2D eigenvalue weighted by atomic mass is 32.2. The average Bonchev–Trinajstić information content (AvgIpc) is 2.72. The molecule has 30 heavy (non-hydrogen) atoms. The number of carbonyl (C=O) groups is 1. The smallest absolute Gasteiger partial charge is 0.257 e. The molecule has 156 valence electrons. The van der Waals surface area contributed by atoms with Crippen molar-refractivity contribution in [3.63, 3.8) is 0 Å². The van der Waals surface area contributed by atoms with Crippen molar-refractivity contribution in [2.75, 3.05) is 15.9 Å². The highest BCUT2D eigenvalue weighted by molar-refractivity contribution is 7.92. The van der Waals surface area contributed by atoms with Gasteiger partial charge in [0.15, 0.2) is 0 Å². The third-order valence-electron chi connectivity index (χ3n) is 4.82. The molecule has 3 aromatic carbocycles. The predicted octanol–water partition coefficient (Wildman–Crippen LogP) is 5.03. The maximum Gasteiger partial charge on any atom is 0.257 e. The van der Waals surface area contributed by atoms with Crippen LogP contribution in [0.4, 0.5) is 11.4 Å². The van der Waals surface area contributed by atoms with Gasteiger partial charge in [0, 0.05) is 5.69 Å². The van der Waals surface area contributed by atoms with Gasteiger partial charge in [-0.25, -0.2) is 8.42 Å². The molecule has 0 saturated heterocycles. The van der Waals surface area contributed by atoms with E-state index in [0.29, 0.717) is 22.9 Å². The van der Waals surface area contributed by atoms with Crippen molar-refractivity contribution in [3.05, 3.63) is 95.6 Å². The van der Waals surface area contributed by atoms with E-state index in [4.69, 9.17) is 0 Å². The van der Waals surface area contributed by atoms with E-state index in [1.54, 1.807) is 24.3 Å². The van der Waals surface area contributed by atoms with Crippen LogP contribution in [0.2, 0.25) is 0 Å². The summed E-state index contributed by atoms with van der Waals surface area (Å²) in [6.45, 7) is 4.36. The number of rotatable bonds is 7. The quantitative estimate of drug-likeness (QED) is 0.581. The molecule has 0 spiro atoms. The molecule has 5 nitrogen and oxygen atoms in total. The Morgan fingerprint density at radius 3 is 2.10 bits per heavy atom. The normalized spacial score (nSPS) is 11.3. The highest BCUT2D eigenvalue weighted by Gasteiger charge is 2.23. The molecule has 0 aliphatic rings. The molecule has 0 atom stereocenters. The molecule has 0 aliphatic heterocycles. The lowest BCUT2D eigenvalue weighted by atomic mass is 10.0. The SMILES string of the molecule is CC(C)c1ccc(NC(=O)c2ccccc2N(Cc2ccccc2)S(C)(=O)=O)cc1. The van der Waals surface area contributed by atoms with Crippen molar-refractivity contribution < 1.29 is 13.2 Å². The molecule has 0 bridgehead atoms. The lowest BCUT2D eigenvalue weighted by Crippen LogP contribution is -2.31. The van der Waals surface area contributed by atoms with Gasteiger partial charge >= 0.3 is 0 Å². The van der Waals surface area contributed by atoms with Gasteiger partial charge in [0.05, 0.1) is 24.1 Å². The largest absolute Gasteiger partial charge is 0.322 e. The molecule has 1 amide bonds. The number of benzene rings is 3. The molecule has 6 heteroatoms. The molecule has 0 aromatic heterocycles. The second-order valence-corrected chi connectivity index (χ2v) is 9.41. The van der Waals surface area contributed by atoms with Gasteiger partial charge in [-0.2, -0.15) is 0 Å². The van der Waals surface area contributed by atoms with Crippen molar-refractivity contribution in [2.45, 2.75) is 26.3 Å². The Hall–Kier alpha value is -3.12. The topological polar surface area (TPSA) is 66.5 Å². The molecule has 1 N–H and O–H groups in total. The number of para-hydroxylation sites is 1. The Kier molecular flexibility index (Phi) is 6.57. The number of sulfonamides is 1. The summed E-state index contributed by atoms with van der Waals surface area (Å²) in [5.74, 6) is 0.0430. The minimum absolute atomic E-state index is 0.146. The zero-order valence-corrected chi connectivity index (χ0v) is 18.2. The molecule has 0 aliphatic carbocycles. The minimum atomic E-state index is -3.61. The van der Waals surface area contributed by atoms with E-state index in [2.05, 4.69) is 19.2 Å². The predicted molar refractivity (Wildman–Crippen MR) is 122 cm³/mol. The summed E-state index contributed by atoms with van der Waals surface area (Å²) >= 11 is 0. The lowest BCUT2D eigenvalue weighted by Gasteiger charge is -2.24. The Bertz CT molecular complexity index is 1110. The first kappa shape index (κ1) is 21.6. The van der Waals surface area contributed by atoms with Crippen LogP contribution < -0.4 is 9.62 Å². The van der Waals surface area contributed by atoms with Gasteiger partial charge < -0.3 is 5.32 Å². The van der Waals surface area contributed by atoms with Gasteiger partial charge in [0.25, 0.3) is 5.91 Å². The van der Waals surface area contributed by atoms with Crippen LogP contribution in [0.1, 0.15) is 41.3 Å². The summed E-state index contributed by atoms with van der Waals surface area (Å²) in [6.07, 6.45) is 1.15. The van der Waals surface area contributed by atoms with Gasteiger partial charge in [-0.3, -0.25) is 9.10 Å². The van der Waals surface area contributed by atoms with Crippen LogP contribution >= 0.6 is 0 Å². The molecule has 3 aromatic rings. The molecular weight excluding hydrogens is 396 g/mol. The van der Waals surface area contributed by atoms with E-state index in [-0.39, 0.29) is 12.5 Å². The summed E-state index contributed by atoms with van der Waals surface area (Å²) in [6, 6.07) is 23.7. The van der Waals surface area contributed by atoms with Crippen molar-refractivity contribution in [3.8, 4) is 0 Å². The molecule has 0 saturated carbocycles. The lowest BCUT2D eigenvalue weighted by molar-refractivity contribution is 0.102. The highest BCUT2D eigenvalue weighted by Crippen LogP contribution is 2.26. The summed E-state index contributed by atoms with van der Waals surface area (Å²) in [5, 5.41) is 2.87. The molecule has 0 unspecified atom stereocenters. The van der Waals surface area contributed by atoms with Crippen LogP contribution in [0.3, 0.4) is 0 Å². The van der Waals surface area contributed by atoms with Gasteiger partial charge in [-0.1, -0.05) is 68.4 Å². The maximum absolute atomic E-state index is 13.0. The van der Waals surface area contributed by atoms with Crippen LogP contribution in [0, 0.1) is 0 Å². The van der Waals surface area contributed by atoms with E-state index in [1.807, 2.05) is 54.6 Å². The van der Waals surface area contributed by atoms with E-state index >= 15 is 0 Å². The number of hydrogen-bond acceptors (Lipinski definition) is 3. The summed E-state index contributed by atoms with van der Waals surface area (Å²) in [5.41, 5.74) is 3.32. The second kappa shape index (κ2) is 9.13. The van der Waals surface area contributed by atoms with Gasteiger partial charge in [-0.05, 0) is 41.3 Å². The summed E-state index contributed by atoms with van der Waals surface area (Å²) in [7, 11) is -3.61. The van der Waals surface area contributed by atoms with Crippen LogP contribution in [0.5, 0.6) is 0 Å². The van der Waals surface area contributed by atoms with Crippen molar-refractivity contribution in [2.24, 2.45) is 0 Å². The molecule has 3 rings (SSSR count). The fourth-order valence-electron chi connectivity index (χ4n) is 3.16. The monoisotopic (exact) mass is 422 g/mol. The van der Waals surface area contributed by atoms with Crippen LogP contribution in [-0.4, -0.2) is 20.6 Å². The fraction of sp³-hybridized carbons (Fsp3) is 0.208. The third-order valence-corrected chi connectivity index (χ3v) is 5.95. The first-order valence-corrected chi connectivity index (χ1v) is 11.6. The number of hydrogen-bond donors (Lipinski definition) is 1. The zero-order chi connectivity index (χ0) is 21.7. The standard InChI is InChI=1S/C24H26N2O3S/c1-18(2)20-13-15-21(16-14-20)25-24(27)22-11-7-8-12-23(22)26(30(3,28)29)17-19-9-5-4-6-10-19/h4-16,18H,17H2,1-3H3,(H,25,27). The van der Waals surface area contributed by atoms with Crippen molar-refractivity contribution >= 4 is 27.3 Å². The van der Waals surface area contributed by atoms with E-state index in [9.17, 15) is 13.2 Å². The number of anilines is 2. The molecule has 0 radical (unpaired) electrons. The molecule has 0 heterocycles. The minimum Gasteiger partial charge on any atom is -0.322 e. The van der Waals surface area contributed by atoms with Crippen LogP contribution in [0.15, 0.2) is 78.9 Å². The number of nitrogens with zero attached hydrogens (tertiary/aromatic N) is 1. The zero-order valence-electron chi connectivity index (χ0n) is 17.4. The Morgan fingerprint density at radius 1 is 0.900 bits per heavy atom. The Morgan fingerprint density at radius 2 is 1.50 bits per heavy atom. The van der Waals surface area contributed by atoms with E-state index in [1.165, 1.54) is 9.87 Å². The van der Waals surface area contributed by atoms with Gasteiger partial charge in [-0.15, -0.1) is 0 Å². The first-order chi connectivity index (χ1) is 14.3. The van der Waals surface area contributed by atoms with E-state index in [0.717, 1.165) is 11.8 Å². The fourth-order valence-corrected chi connectivity index (χ4v) is 4.06. The number of carbonyl (C=O) groups excluding carboxylic acids is 1.